The molecule has 33 heavy (non-hydrogen) atoms. The number of anilines is 3. The van der Waals surface area contributed by atoms with Crippen molar-refractivity contribution in [1.82, 2.24) is 19.5 Å². The summed E-state index contributed by atoms with van der Waals surface area (Å²) in [5, 5.41) is 16.8. The van der Waals surface area contributed by atoms with Gasteiger partial charge in [-0.1, -0.05) is 34.8 Å². The highest BCUT2D eigenvalue weighted by atomic mass is 35.5. The van der Waals surface area contributed by atoms with Crippen molar-refractivity contribution in [3.63, 3.8) is 0 Å². The van der Waals surface area contributed by atoms with Crippen LogP contribution >= 0.6 is 34.8 Å². The van der Waals surface area contributed by atoms with Crippen LogP contribution in [0.25, 0.3) is 11.2 Å². The molecule has 0 spiro atoms. The van der Waals surface area contributed by atoms with E-state index in [1.165, 1.54) is 0 Å². The second kappa shape index (κ2) is 9.89. The topological polar surface area (TPSA) is 131 Å². The Morgan fingerprint density at radius 2 is 1.88 bits per heavy atom. The molecular formula is C21H24Cl3N7O2. The summed E-state index contributed by atoms with van der Waals surface area (Å²) >= 11 is 18.8. The Balaban J connectivity index is 1.77. The van der Waals surface area contributed by atoms with Crippen molar-refractivity contribution >= 4 is 69.5 Å². The second-order valence-corrected chi connectivity index (χ2v) is 9.46. The van der Waals surface area contributed by atoms with Crippen molar-refractivity contribution in [2.75, 3.05) is 17.2 Å². The Hall–Kier alpha value is -2.33. The first-order valence-corrected chi connectivity index (χ1v) is 11.7. The molecule has 3 aromatic rings. The number of aliphatic hydroxyl groups excluding tert-OH is 1. The highest BCUT2D eigenvalue weighted by Gasteiger charge is 2.29. The molecule has 0 aliphatic heterocycles. The molecule has 1 atom stereocenters. The molecule has 9 nitrogen and oxygen atoms in total. The number of hydrogen-bond donors (Lipinski definition) is 4. The van der Waals surface area contributed by atoms with E-state index in [-0.39, 0.29) is 30.5 Å². The number of nitrogens with two attached hydrogens (primary N) is 1. The number of imidazole rings is 1. The largest absolute Gasteiger partial charge is 0.394 e. The molecule has 1 amide bonds. The number of nitrogens with one attached hydrogen (secondary N) is 2. The highest BCUT2D eigenvalue weighted by Crippen LogP contribution is 2.40. The predicted molar refractivity (Wildman–Crippen MR) is 130 cm³/mol. The number of aliphatic hydroxyl groups is 1. The molecule has 1 fully saturated rings. The predicted octanol–water partition coefficient (Wildman–Crippen LogP) is 4.54. The SMILES string of the molecule is CC(CO)Nc1ncc2nc(Nc3c(Cl)cc(Cl)cc3Cl)n(C3CCC(C(N)=O)CC3)c2n1. The van der Waals surface area contributed by atoms with E-state index in [9.17, 15) is 9.90 Å². The van der Waals surface area contributed by atoms with Crippen LogP contribution in [-0.2, 0) is 4.79 Å². The molecule has 1 aliphatic rings. The molecule has 1 saturated carbocycles. The van der Waals surface area contributed by atoms with Crippen molar-refractivity contribution in [1.29, 1.82) is 0 Å². The van der Waals surface area contributed by atoms with Crippen molar-refractivity contribution < 1.29 is 9.90 Å². The first-order valence-electron chi connectivity index (χ1n) is 10.6. The zero-order chi connectivity index (χ0) is 23.7. The average molecular weight is 513 g/mol. The van der Waals surface area contributed by atoms with Gasteiger partial charge >= 0.3 is 0 Å². The summed E-state index contributed by atoms with van der Waals surface area (Å²) in [4.78, 5) is 25.3. The maximum atomic E-state index is 11.6. The third kappa shape index (κ3) is 5.11. The Labute approximate surface area is 205 Å². The maximum absolute atomic E-state index is 11.6. The van der Waals surface area contributed by atoms with Gasteiger partial charge in [-0.2, -0.15) is 4.98 Å². The van der Waals surface area contributed by atoms with Gasteiger partial charge in [-0.25, -0.2) is 9.97 Å². The van der Waals surface area contributed by atoms with E-state index in [0.29, 0.717) is 56.7 Å². The van der Waals surface area contributed by atoms with Gasteiger partial charge in [-0.3, -0.25) is 9.36 Å². The summed E-state index contributed by atoms with van der Waals surface area (Å²) in [7, 11) is 0. The lowest BCUT2D eigenvalue weighted by molar-refractivity contribution is -0.122. The van der Waals surface area contributed by atoms with Crippen LogP contribution in [0.15, 0.2) is 18.3 Å². The fraction of sp³-hybridized carbons (Fsp3) is 0.429. The number of carbonyl (C=O) groups excluding carboxylic acids is 1. The summed E-state index contributed by atoms with van der Waals surface area (Å²) in [5.74, 6) is 0.476. The van der Waals surface area contributed by atoms with Crippen LogP contribution < -0.4 is 16.4 Å². The van der Waals surface area contributed by atoms with Crippen molar-refractivity contribution in [2.24, 2.45) is 11.7 Å². The van der Waals surface area contributed by atoms with E-state index in [2.05, 4.69) is 20.6 Å². The normalized spacial score (nSPS) is 19.4. The molecule has 0 bridgehead atoms. The van der Waals surface area contributed by atoms with Gasteiger partial charge in [0.2, 0.25) is 17.8 Å². The lowest BCUT2D eigenvalue weighted by Gasteiger charge is -2.29. The quantitative estimate of drug-likeness (QED) is 0.365. The maximum Gasteiger partial charge on any atom is 0.225 e. The number of halogens is 3. The van der Waals surface area contributed by atoms with Crippen LogP contribution in [0, 0.1) is 5.92 Å². The molecule has 1 aromatic carbocycles. The first-order chi connectivity index (χ1) is 15.8. The van der Waals surface area contributed by atoms with Crippen LogP contribution in [0.2, 0.25) is 15.1 Å². The fourth-order valence-corrected chi connectivity index (χ4v) is 4.96. The molecule has 2 heterocycles. The van der Waals surface area contributed by atoms with E-state index in [4.69, 9.17) is 45.5 Å². The molecule has 12 heteroatoms. The minimum Gasteiger partial charge on any atom is -0.394 e. The Bertz CT molecular complexity index is 1160. The number of aromatic nitrogens is 4. The number of benzene rings is 1. The Kier molecular flexibility index (Phi) is 7.13. The summed E-state index contributed by atoms with van der Waals surface area (Å²) in [6, 6.07) is 3.01. The van der Waals surface area contributed by atoms with Crippen molar-refractivity contribution in [3.05, 3.63) is 33.4 Å². The van der Waals surface area contributed by atoms with E-state index in [1.54, 1.807) is 18.3 Å². The van der Waals surface area contributed by atoms with E-state index in [0.717, 1.165) is 12.8 Å². The van der Waals surface area contributed by atoms with Gasteiger partial charge in [-0.15, -0.1) is 0 Å². The van der Waals surface area contributed by atoms with Crippen LogP contribution in [0.4, 0.5) is 17.6 Å². The standard InChI is InChI=1S/C21H24Cl3N7O2/c1-10(9-32)27-20-26-8-16-19(30-20)31(13-4-2-11(3-5-13)18(25)33)21(28-16)29-17-14(23)6-12(22)7-15(17)24/h6-8,10-11,13,32H,2-5,9H2,1H3,(H2,25,33)(H,28,29)(H,26,27,30). The molecule has 1 aliphatic carbocycles. The number of fused-ring (bicyclic) bond motifs is 1. The van der Waals surface area contributed by atoms with Crippen molar-refractivity contribution in [2.45, 2.75) is 44.7 Å². The van der Waals surface area contributed by atoms with Gasteiger partial charge in [0, 0.05) is 23.0 Å². The second-order valence-electron chi connectivity index (χ2n) is 8.21. The average Bonchev–Trinajstić information content (AvgIpc) is 3.13. The van der Waals surface area contributed by atoms with Crippen LogP contribution in [0.3, 0.4) is 0 Å². The third-order valence-electron chi connectivity index (χ3n) is 5.79. The summed E-state index contributed by atoms with van der Waals surface area (Å²) in [6.07, 6.45) is 4.44. The smallest absolute Gasteiger partial charge is 0.225 e. The third-order valence-corrected chi connectivity index (χ3v) is 6.60. The number of carbonyl (C=O) groups is 1. The molecule has 176 valence electrons. The number of nitrogens with zero attached hydrogens (tertiary/aromatic N) is 4. The van der Waals surface area contributed by atoms with Gasteiger partial charge in [0.15, 0.2) is 5.65 Å². The molecule has 0 saturated heterocycles. The number of amides is 1. The molecule has 1 unspecified atom stereocenters. The number of hydrogen-bond acceptors (Lipinski definition) is 7. The molecule has 4 rings (SSSR count). The zero-order valence-electron chi connectivity index (χ0n) is 17.9. The zero-order valence-corrected chi connectivity index (χ0v) is 20.1. The van der Waals surface area contributed by atoms with Gasteiger partial charge in [0.25, 0.3) is 0 Å². The molecule has 0 radical (unpaired) electrons. The summed E-state index contributed by atoms with van der Waals surface area (Å²) in [5.41, 5.74) is 7.19. The molecule has 2 aromatic heterocycles. The Morgan fingerprint density at radius 3 is 2.48 bits per heavy atom. The molecule has 5 N–H and O–H groups in total. The lowest BCUT2D eigenvalue weighted by atomic mass is 9.85. The first kappa shape index (κ1) is 23.8. The van der Waals surface area contributed by atoms with E-state index >= 15 is 0 Å². The van der Waals surface area contributed by atoms with Crippen LogP contribution in [0.5, 0.6) is 0 Å². The van der Waals surface area contributed by atoms with Gasteiger partial charge in [0.1, 0.15) is 5.52 Å². The number of rotatable bonds is 7. The minimum absolute atomic E-state index is 0.0240. The Morgan fingerprint density at radius 1 is 1.21 bits per heavy atom. The fourth-order valence-electron chi connectivity index (χ4n) is 4.05. The summed E-state index contributed by atoms with van der Waals surface area (Å²) < 4.78 is 1.99. The number of primary amides is 1. The van der Waals surface area contributed by atoms with Gasteiger partial charge in [-0.05, 0) is 44.7 Å². The van der Waals surface area contributed by atoms with Gasteiger partial charge in [0.05, 0.1) is 28.5 Å². The highest BCUT2D eigenvalue weighted by molar-refractivity contribution is 6.41. The van der Waals surface area contributed by atoms with E-state index < -0.39 is 0 Å². The lowest BCUT2D eigenvalue weighted by Crippen LogP contribution is -2.29. The van der Waals surface area contributed by atoms with Crippen molar-refractivity contribution in [3.8, 4) is 0 Å². The molecular weight excluding hydrogens is 489 g/mol. The van der Waals surface area contributed by atoms with Crippen LogP contribution in [0.1, 0.15) is 38.6 Å². The summed E-state index contributed by atoms with van der Waals surface area (Å²) in [6.45, 7) is 1.77. The monoisotopic (exact) mass is 511 g/mol. The van der Waals surface area contributed by atoms with Crippen LogP contribution in [-0.4, -0.2) is 43.2 Å². The minimum atomic E-state index is -0.270. The van der Waals surface area contributed by atoms with E-state index in [1.807, 2.05) is 11.5 Å². The van der Waals surface area contributed by atoms with Gasteiger partial charge < -0.3 is 21.5 Å².